The Morgan fingerprint density at radius 2 is 1.48 bits per heavy atom. The molecule has 1 unspecified atom stereocenters. The number of carbonyl (C=O) groups is 3. The van der Waals surface area contributed by atoms with Gasteiger partial charge in [0.1, 0.15) is 0 Å². The van der Waals surface area contributed by atoms with Gasteiger partial charge >= 0.3 is 5.97 Å². The lowest BCUT2D eigenvalue weighted by atomic mass is 9.99. The second-order valence-electron chi connectivity index (χ2n) is 7.29. The summed E-state index contributed by atoms with van der Waals surface area (Å²) in [6.07, 6.45) is -1.14. The van der Waals surface area contributed by atoms with E-state index in [1.807, 2.05) is 0 Å². The summed E-state index contributed by atoms with van der Waals surface area (Å²) in [7, 11) is 0. The van der Waals surface area contributed by atoms with E-state index in [1.54, 1.807) is 86.6 Å². The fourth-order valence-corrected chi connectivity index (χ4v) is 2.98. The van der Waals surface area contributed by atoms with Crippen LogP contribution in [-0.4, -0.2) is 17.7 Å². The van der Waals surface area contributed by atoms with Crippen molar-refractivity contribution in [2.24, 2.45) is 5.92 Å². The maximum atomic E-state index is 13.1. The van der Waals surface area contributed by atoms with Crippen LogP contribution in [0, 0.1) is 5.92 Å². The minimum atomic E-state index is -1.14. The highest BCUT2D eigenvalue weighted by Crippen LogP contribution is 2.26. The van der Waals surface area contributed by atoms with Gasteiger partial charge in [0.2, 0.25) is 11.7 Å². The third-order valence-electron chi connectivity index (χ3n) is 4.58. The molecule has 3 rings (SSSR count). The Bertz CT molecular complexity index is 1080. The lowest BCUT2D eigenvalue weighted by molar-refractivity contribution is -0.118. The molecule has 31 heavy (non-hydrogen) atoms. The third kappa shape index (κ3) is 5.80. The van der Waals surface area contributed by atoms with Crippen molar-refractivity contribution < 1.29 is 19.1 Å². The monoisotopic (exact) mass is 435 g/mol. The van der Waals surface area contributed by atoms with Crippen molar-refractivity contribution in [2.75, 3.05) is 5.32 Å². The number of anilines is 1. The molecule has 0 radical (unpaired) electrons. The fourth-order valence-electron chi connectivity index (χ4n) is 2.85. The number of hydrogen-bond donors (Lipinski definition) is 1. The summed E-state index contributed by atoms with van der Waals surface area (Å²) < 4.78 is 5.64. The van der Waals surface area contributed by atoms with Gasteiger partial charge in [-0.15, -0.1) is 0 Å². The van der Waals surface area contributed by atoms with Crippen LogP contribution in [0.25, 0.3) is 0 Å². The Hall–Kier alpha value is -3.44. The molecule has 0 aliphatic rings. The third-order valence-corrected chi connectivity index (χ3v) is 4.84. The first-order valence-electron chi connectivity index (χ1n) is 9.82. The summed E-state index contributed by atoms with van der Waals surface area (Å²) in [4.78, 5) is 38.0. The second-order valence-corrected chi connectivity index (χ2v) is 7.73. The molecule has 1 amide bonds. The molecule has 0 heterocycles. The molecule has 0 saturated heterocycles. The highest BCUT2D eigenvalue weighted by molar-refractivity contribution is 6.30. The molecule has 0 saturated carbocycles. The Balaban J connectivity index is 1.87. The van der Waals surface area contributed by atoms with Gasteiger partial charge in [-0.1, -0.05) is 74.0 Å². The van der Waals surface area contributed by atoms with Crippen molar-refractivity contribution in [3.8, 4) is 0 Å². The molecular weight excluding hydrogens is 414 g/mol. The largest absolute Gasteiger partial charge is 0.445 e. The van der Waals surface area contributed by atoms with Gasteiger partial charge in [0.05, 0.1) is 5.56 Å². The molecule has 3 aromatic carbocycles. The van der Waals surface area contributed by atoms with Gasteiger partial charge in [0.15, 0.2) is 6.10 Å². The van der Waals surface area contributed by atoms with E-state index in [0.29, 0.717) is 21.8 Å². The highest BCUT2D eigenvalue weighted by Gasteiger charge is 2.27. The van der Waals surface area contributed by atoms with Gasteiger partial charge in [-0.25, -0.2) is 4.79 Å². The van der Waals surface area contributed by atoms with Crippen molar-refractivity contribution in [1.82, 2.24) is 0 Å². The Morgan fingerprint density at radius 1 is 0.839 bits per heavy atom. The van der Waals surface area contributed by atoms with E-state index in [9.17, 15) is 14.4 Å². The summed E-state index contributed by atoms with van der Waals surface area (Å²) in [5, 5.41) is 3.26. The van der Waals surface area contributed by atoms with Crippen LogP contribution in [0.2, 0.25) is 5.02 Å². The van der Waals surface area contributed by atoms with Crippen molar-refractivity contribution in [3.05, 3.63) is 101 Å². The molecule has 0 spiro atoms. The van der Waals surface area contributed by atoms with E-state index < -0.39 is 12.1 Å². The number of hydrogen-bond acceptors (Lipinski definition) is 4. The summed E-state index contributed by atoms with van der Waals surface area (Å²) in [6.45, 7) is 3.55. The van der Waals surface area contributed by atoms with E-state index in [-0.39, 0.29) is 23.2 Å². The fraction of sp³-hybridized carbons (Fsp3) is 0.160. The van der Waals surface area contributed by atoms with Crippen molar-refractivity contribution in [3.63, 3.8) is 0 Å². The predicted octanol–water partition coefficient (Wildman–Crippen LogP) is 5.72. The van der Waals surface area contributed by atoms with Gasteiger partial charge in [0.25, 0.3) is 0 Å². The van der Waals surface area contributed by atoms with Crippen LogP contribution in [0.15, 0.2) is 78.9 Å². The lowest BCUT2D eigenvalue weighted by Crippen LogP contribution is -2.21. The number of Topliss-reactive ketones (excluding diaryl/α,β-unsaturated/α-hetero) is 1. The minimum Gasteiger partial charge on any atom is -0.445 e. The van der Waals surface area contributed by atoms with Crippen LogP contribution in [0.1, 0.15) is 46.2 Å². The maximum absolute atomic E-state index is 13.1. The Kier molecular flexibility index (Phi) is 7.21. The van der Waals surface area contributed by atoms with Gasteiger partial charge in [-0.3, -0.25) is 9.59 Å². The zero-order valence-corrected chi connectivity index (χ0v) is 17.9. The smallest absolute Gasteiger partial charge is 0.339 e. The van der Waals surface area contributed by atoms with Gasteiger partial charge in [0, 0.05) is 27.8 Å². The van der Waals surface area contributed by atoms with Crippen LogP contribution >= 0.6 is 11.6 Å². The van der Waals surface area contributed by atoms with Gasteiger partial charge < -0.3 is 10.1 Å². The molecule has 0 aliphatic heterocycles. The summed E-state index contributed by atoms with van der Waals surface area (Å²) in [6, 6.07) is 21.6. The molecule has 1 atom stereocenters. The molecule has 3 aromatic rings. The molecule has 158 valence electrons. The summed E-state index contributed by atoms with van der Waals surface area (Å²) >= 11 is 5.97. The molecular formula is C25H22ClNO4. The average molecular weight is 436 g/mol. The normalized spacial score (nSPS) is 11.6. The zero-order valence-electron chi connectivity index (χ0n) is 17.2. The minimum absolute atomic E-state index is 0.163. The number of ketones is 1. The first-order valence-corrected chi connectivity index (χ1v) is 10.2. The number of nitrogens with one attached hydrogen (secondary N) is 1. The van der Waals surface area contributed by atoms with E-state index in [0.717, 1.165) is 0 Å². The van der Waals surface area contributed by atoms with Crippen LogP contribution in [0.5, 0.6) is 0 Å². The molecule has 0 aromatic heterocycles. The molecule has 0 aliphatic carbocycles. The van der Waals surface area contributed by atoms with Gasteiger partial charge in [-0.2, -0.15) is 0 Å². The molecule has 1 N–H and O–H groups in total. The Morgan fingerprint density at radius 3 is 2.13 bits per heavy atom. The van der Waals surface area contributed by atoms with Crippen molar-refractivity contribution in [1.29, 1.82) is 0 Å². The second kappa shape index (κ2) is 10.0. The topological polar surface area (TPSA) is 72.5 Å². The van der Waals surface area contributed by atoms with Crippen LogP contribution in [-0.2, 0) is 9.53 Å². The Labute approximate surface area is 186 Å². The van der Waals surface area contributed by atoms with Crippen molar-refractivity contribution >= 4 is 34.9 Å². The van der Waals surface area contributed by atoms with Crippen LogP contribution < -0.4 is 5.32 Å². The molecule has 6 heteroatoms. The summed E-state index contributed by atoms with van der Waals surface area (Å²) in [5.41, 5.74) is 1.64. The predicted molar refractivity (Wildman–Crippen MR) is 120 cm³/mol. The number of amides is 1. The van der Waals surface area contributed by atoms with E-state index in [4.69, 9.17) is 16.3 Å². The van der Waals surface area contributed by atoms with E-state index in [2.05, 4.69) is 5.32 Å². The number of halogens is 1. The van der Waals surface area contributed by atoms with Gasteiger partial charge in [-0.05, 0) is 30.3 Å². The van der Waals surface area contributed by atoms with E-state index >= 15 is 0 Å². The van der Waals surface area contributed by atoms with Crippen LogP contribution in [0.4, 0.5) is 5.69 Å². The number of rotatable bonds is 7. The molecule has 0 fully saturated rings. The lowest BCUT2D eigenvalue weighted by Gasteiger charge is -2.18. The first-order chi connectivity index (χ1) is 14.8. The van der Waals surface area contributed by atoms with E-state index in [1.165, 1.54) is 6.07 Å². The highest BCUT2D eigenvalue weighted by atomic mass is 35.5. The molecule has 5 nitrogen and oxygen atoms in total. The number of esters is 1. The van der Waals surface area contributed by atoms with Crippen molar-refractivity contribution in [2.45, 2.75) is 20.0 Å². The number of ether oxygens (including phenoxy) is 1. The first kappa shape index (κ1) is 22.2. The number of benzene rings is 3. The summed E-state index contributed by atoms with van der Waals surface area (Å²) in [5.74, 6) is -1.39. The maximum Gasteiger partial charge on any atom is 0.339 e. The van der Waals surface area contributed by atoms with Crippen LogP contribution in [0.3, 0.4) is 0 Å². The zero-order chi connectivity index (χ0) is 22.4. The number of carbonyl (C=O) groups excluding carboxylic acids is 3. The SMILES string of the molecule is CC(C)C(=O)Nc1cccc(C(=O)OC(C(=O)c2ccccc2)c2ccc(Cl)cc2)c1. The standard InChI is InChI=1S/C25H22ClNO4/c1-16(2)24(29)27-21-10-6-9-19(15-21)25(30)31-23(18-11-13-20(26)14-12-18)22(28)17-7-4-3-5-8-17/h3-16,23H,1-2H3,(H,27,29). The quantitative estimate of drug-likeness (QED) is 0.380. The average Bonchev–Trinajstić information content (AvgIpc) is 2.78. The molecule has 0 bridgehead atoms.